The molecule has 0 fully saturated rings. The van der Waals surface area contributed by atoms with E-state index in [4.69, 9.17) is 0 Å². The first-order valence-electron chi connectivity index (χ1n) is 11.0. The monoisotopic (exact) mass is 551 g/mol. The highest BCUT2D eigenvalue weighted by molar-refractivity contribution is 14.1. The van der Waals surface area contributed by atoms with E-state index in [0.717, 1.165) is 0 Å². The van der Waals surface area contributed by atoms with Crippen LogP contribution in [0, 0.1) is 3.57 Å². The summed E-state index contributed by atoms with van der Waals surface area (Å²) < 4.78 is 6.39. The fourth-order valence-corrected chi connectivity index (χ4v) is 6.98. The van der Waals surface area contributed by atoms with E-state index in [0.29, 0.717) is 0 Å². The van der Waals surface area contributed by atoms with Gasteiger partial charge in [-0.2, -0.15) is 0 Å². The molecule has 2 heterocycles. The van der Waals surface area contributed by atoms with Crippen molar-refractivity contribution in [1.29, 1.82) is 0 Å². The highest BCUT2D eigenvalue weighted by Crippen LogP contribution is 2.45. The van der Waals surface area contributed by atoms with Gasteiger partial charge >= 0.3 is 0 Å². The average Bonchev–Trinajstić information content (AvgIpc) is 3.42. The molecule has 0 bridgehead atoms. The Bertz CT molecular complexity index is 1830. The summed E-state index contributed by atoms with van der Waals surface area (Å²) in [6.07, 6.45) is 0. The van der Waals surface area contributed by atoms with Crippen molar-refractivity contribution >= 4 is 75.9 Å². The van der Waals surface area contributed by atoms with Crippen LogP contribution in [0.2, 0.25) is 0 Å². The predicted molar refractivity (Wildman–Crippen MR) is 152 cm³/mol. The molecule has 1 nitrogen and oxygen atoms in total. The molecule has 0 atom stereocenters. The van der Waals surface area contributed by atoms with Gasteiger partial charge in [-0.3, -0.25) is 0 Å². The van der Waals surface area contributed by atoms with E-state index in [1.165, 1.54) is 62.4 Å². The molecule has 0 spiro atoms. The summed E-state index contributed by atoms with van der Waals surface area (Å²) in [5, 5.41) is 5.31. The topological polar surface area (TPSA) is 4.93 Å². The van der Waals surface area contributed by atoms with E-state index < -0.39 is 0 Å². The van der Waals surface area contributed by atoms with Gasteiger partial charge in [-0.1, -0.05) is 72.8 Å². The van der Waals surface area contributed by atoms with E-state index >= 15 is 0 Å². The molecule has 3 heteroatoms. The maximum atomic E-state index is 2.49. The van der Waals surface area contributed by atoms with Crippen molar-refractivity contribution in [1.82, 2.24) is 4.57 Å². The maximum absolute atomic E-state index is 2.49. The van der Waals surface area contributed by atoms with E-state index in [9.17, 15) is 0 Å². The molecule has 0 unspecified atom stereocenters. The first-order chi connectivity index (χ1) is 16.3. The van der Waals surface area contributed by atoms with Crippen LogP contribution in [-0.2, 0) is 0 Å². The van der Waals surface area contributed by atoms with Crippen LogP contribution >= 0.6 is 33.9 Å². The third-order valence-electron chi connectivity index (χ3n) is 6.47. The van der Waals surface area contributed by atoms with Gasteiger partial charge in [0.15, 0.2) is 0 Å². The second kappa shape index (κ2) is 7.44. The van der Waals surface area contributed by atoms with Gasteiger partial charge in [0.2, 0.25) is 0 Å². The van der Waals surface area contributed by atoms with Crippen LogP contribution in [0.5, 0.6) is 0 Å². The zero-order valence-electron chi connectivity index (χ0n) is 17.6. The van der Waals surface area contributed by atoms with E-state index in [1.54, 1.807) is 0 Å². The Labute approximate surface area is 209 Å². The number of hydrogen-bond acceptors (Lipinski definition) is 1. The number of rotatable bonds is 2. The number of thiophene rings is 1. The zero-order chi connectivity index (χ0) is 21.9. The second-order valence-electron chi connectivity index (χ2n) is 8.28. The quantitative estimate of drug-likeness (QED) is 0.189. The van der Waals surface area contributed by atoms with Crippen LogP contribution in [0.15, 0.2) is 109 Å². The third-order valence-corrected chi connectivity index (χ3v) is 8.51. The van der Waals surface area contributed by atoms with Gasteiger partial charge in [0, 0.05) is 45.8 Å². The number of hydrogen-bond donors (Lipinski definition) is 0. The van der Waals surface area contributed by atoms with E-state index in [1.807, 2.05) is 11.3 Å². The third kappa shape index (κ3) is 2.82. The highest BCUT2D eigenvalue weighted by atomic mass is 127. The molecule has 5 aromatic carbocycles. The lowest BCUT2D eigenvalue weighted by Crippen LogP contribution is -1.95. The minimum Gasteiger partial charge on any atom is -0.309 e. The minimum absolute atomic E-state index is 1.19. The highest BCUT2D eigenvalue weighted by Gasteiger charge is 2.20. The van der Waals surface area contributed by atoms with Crippen molar-refractivity contribution in [2.24, 2.45) is 0 Å². The molecule has 0 aliphatic heterocycles. The van der Waals surface area contributed by atoms with Crippen LogP contribution < -0.4 is 0 Å². The predicted octanol–water partition coefficient (Wildman–Crippen LogP) is 9.42. The lowest BCUT2D eigenvalue weighted by molar-refractivity contribution is 1.18. The molecule has 0 aliphatic rings. The fraction of sp³-hybridized carbons (Fsp3) is 0. The SMILES string of the molecule is Ic1ccc(-c2cccc3sc4ccccc4c23)c2c1c1ccccc1n2-c1ccccc1. The summed E-state index contributed by atoms with van der Waals surface area (Å²) in [5.41, 5.74) is 6.28. The number of para-hydroxylation sites is 2. The molecular weight excluding hydrogens is 533 g/mol. The largest absolute Gasteiger partial charge is 0.309 e. The van der Waals surface area contributed by atoms with Crippen LogP contribution in [0.4, 0.5) is 0 Å². The average molecular weight is 551 g/mol. The lowest BCUT2D eigenvalue weighted by atomic mass is 9.97. The van der Waals surface area contributed by atoms with Crippen molar-refractivity contribution in [3.63, 3.8) is 0 Å². The Morgan fingerprint density at radius 1 is 0.545 bits per heavy atom. The second-order valence-corrected chi connectivity index (χ2v) is 10.5. The Balaban J connectivity index is 1.71. The van der Waals surface area contributed by atoms with Crippen molar-refractivity contribution in [2.75, 3.05) is 0 Å². The zero-order valence-corrected chi connectivity index (χ0v) is 20.6. The van der Waals surface area contributed by atoms with Gasteiger partial charge in [-0.25, -0.2) is 0 Å². The molecule has 0 amide bonds. The van der Waals surface area contributed by atoms with Gasteiger partial charge in [0.1, 0.15) is 0 Å². The molecule has 0 N–H and O–H groups in total. The molecule has 7 aromatic rings. The molecule has 0 saturated carbocycles. The first-order valence-corrected chi connectivity index (χ1v) is 12.9. The molecule has 2 aromatic heterocycles. The minimum atomic E-state index is 1.19. The molecule has 156 valence electrons. The van der Waals surface area contributed by atoms with Crippen LogP contribution in [0.1, 0.15) is 0 Å². The van der Waals surface area contributed by atoms with Crippen molar-refractivity contribution < 1.29 is 0 Å². The van der Waals surface area contributed by atoms with Gasteiger partial charge in [-0.15, -0.1) is 11.3 Å². The summed E-state index contributed by atoms with van der Waals surface area (Å²) in [5.74, 6) is 0. The van der Waals surface area contributed by atoms with Crippen LogP contribution in [0.3, 0.4) is 0 Å². The molecule has 0 saturated heterocycles. The molecular formula is C30H18INS. The Kier molecular flexibility index (Phi) is 4.36. The van der Waals surface area contributed by atoms with Crippen LogP contribution in [-0.4, -0.2) is 4.57 Å². The number of halogens is 1. The van der Waals surface area contributed by atoms with Crippen molar-refractivity contribution in [2.45, 2.75) is 0 Å². The van der Waals surface area contributed by atoms with Gasteiger partial charge < -0.3 is 4.57 Å². The summed E-state index contributed by atoms with van der Waals surface area (Å²) in [6.45, 7) is 0. The number of benzene rings is 5. The molecule has 0 radical (unpaired) electrons. The number of fused-ring (bicyclic) bond motifs is 6. The van der Waals surface area contributed by atoms with Gasteiger partial charge in [0.05, 0.1) is 11.0 Å². The van der Waals surface area contributed by atoms with Crippen LogP contribution in [0.25, 0.3) is 58.8 Å². The summed E-state index contributed by atoms with van der Waals surface area (Å²) in [6, 6.07) is 39.6. The number of aromatic nitrogens is 1. The Morgan fingerprint density at radius 3 is 2.15 bits per heavy atom. The summed E-state index contributed by atoms with van der Waals surface area (Å²) in [7, 11) is 0. The lowest BCUT2D eigenvalue weighted by Gasteiger charge is -2.13. The van der Waals surface area contributed by atoms with Gasteiger partial charge in [0.25, 0.3) is 0 Å². The standard InChI is InChI=1S/C30H18INS/c31-24-18-17-21(20-13-8-16-27-28(20)23-12-5-7-15-26(23)33-27)30-29(24)22-11-4-6-14-25(22)32(30)19-9-2-1-3-10-19/h1-18H. The first kappa shape index (κ1) is 19.3. The normalized spacial score (nSPS) is 11.8. The van der Waals surface area contributed by atoms with Crippen molar-refractivity contribution in [3.05, 3.63) is 113 Å². The molecule has 7 rings (SSSR count). The summed E-state index contributed by atoms with van der Waals surface area (Å²) in [4.78, 5) is 0. The Hall–Kier alpha value is -3.15. The summed E-state index contributed by atoms with van der Waals surface area (Å²) >= 11 is 4.37. The van der Waals surface area contributed by atoms with E-state index in [2.05, 4.69) is 136 Å². The number of nitrogens with zero attached hydrogens (tertiary/aromatic N) is 1. The Morgan fingerprint density at radius 2 is 1.27 bits per heavy atom. The molecule has 33 heavy (non-hydrogen) atoms. The van der Waals surface area contributed by atoms with Gasteiger partial charge in [-0.05, 0) is 64.6 Å². The smallest absolute Gasteiger partial charge is 0.0630 e. The van der Waals surface area contributed by atoms with E-state index in [-0.39, 0.29) is 0 Å². The van der Waals surface area contributed by atoms with Crippen molar-refractivity contribution in [3.8, 4) is 16.8 Å². The fourth-order valence-electron chi connectivity index (χ4n) is 5.12. The molecule has 0 aliphatic carbocycles. The maximum Gasteiger partial charge on any atom is 0.0630 e.